The second kappa shape index (κ2) is 6.16. The van der Waals surface area contributed by atoms with Crippen molar-refractivity contribution in [3.05, 3.63) is 36.2 Å². The molecule has 0 saturated carbocycles. The van der Waals surface area contributed by atoms with Crippen molar-refractivity contribution in [2.75, 3.05) is 12.4 Å². The van der Waals surface area contributed by atoms with E-state index in [9.17, 15) is 9.90 Å². The quantitative estimate of drug-likeness (QED) is 0.849. The third-order valence-electron chi connectivity index (χ3n) is 2.67. The van der Waals surface area contributed by atoms with Crippen LogP contribution in [-0.2, 0) is 11.3 Å². The van der Waals surface area contributed by atoms with Crippen LogP contribution >= 0.6 is 0 Å². The lowest BCUT2D eigenvalue weighted by molar-refractivity contribution is -0.116. The molecular formula is C13H16N4O3. The molecule has 106 valence electrons. The molecule has 1 heterocycles. The molecule has 1 amide bonds. The van der Waals surface area contributed by atoms with Crippen LogP contribution in [0, 0.1) is 0 Å². The molecule has 2 N–H and O–H groups in total. The van der Waals surface area contributed by atoms with Gasteiger partial charge in [-0.05, 0) is 19.1 Å². The second-order valence-corrected chi connectivity index (χ2v) is 4.27. The number of benzene rings is 1. The summed E-state index contributed by atoms with van der Waals surface area (Å²) in [5.74, 6) is 0.334. The highest BCUT2D eigenvalue weighted by Crippen LogP contribution is 2.22. The first-order valence-electron chi connectivity index (χ1n) is 6.11. The number of methoxy groups -OCH3 is 1. The van der Waals surface area contributed by atoms with E-state index in [1.807, 2.05) is 6.07 Å². The molecule has 0 aliphatic rings. The maximum Gasteiger partial charge on any atom is 0.246 e. The Kier molecular flexibility index (Phi) is 4.31. The van der Waals surface area contributed by atoms with Gasteiger partial charge in [-0.2, -0.15) is 0 Å². The van der Waals surface area contributed by atoms with E-state index < -0.39 is 6.10 Å². The predicted molar refractivity (Wildman–Crippen MR) is 72.3 cm³/mol. The molecule has 2 aromatic rings. The lowest BCUT2D eigenvalue weighted by Gasteiger charge is -2.09. The second-order valence-electron chi connectivity index (χ2n) is 4.27. The molecule has 0 bridgehead atoms. The Morgan fingerprint density at radius 3 is 2.90 bits per heavy atom. The van der Waals surface area contributed by atoms with E-state index in [4.69, 9.17) is 4.74 Å². The number of anilines is 1. The number of carbonyl (C=O) groups is 1. The molecule has 7 nitrogen and oxygen atoms in total. The van der Waals surface area contributed by atoms with Gasteiger partial charge < -0.3 is 15.2 Å². The SMILES string of the molecule is COc1ccccc1NC(=O)Cn1cc(C(C)O)nn1. The average Bonchev–Trinajstić information content (AvgIpc) is 2.88. The number of ether oxygens (including phenoxy) is 1. The van der Waals surface area contributed by atoms with Crippen molar-refractivity contribution in [2.45, 2.75) is 19.6 Å². The molecule has 1 aromatic carbocycles. The molecule has 7 heteroatoms. The third-order valence-corrected chi connectivity index (χ3v) is 2.67. The van der Waals surface area contributed by atoms with Gasteiger partial charge in [0.15, 0.2) is 0 Å². The fourth-order valence-electron chi connectivity index (χ4n) is 1.67. The fraction of sp³-hybridized carbons (Fsp3) is 0.308. The van der Waals surface area contributed by atoms with Crippen LogP contribution in [0.4, 0.5) is 5.69 Å². The van der Waals surface area contributed by atoms with E-state index in [1.54, 1.807) is 25.1 Å². The number of nitrogens with one attached hydrogen (secondary N) is 1. The Bertz CT molecular complexity index is 595. The van der Waals surface area contributed by atoms with Crippen LogP contribution in [0.3, 0.4) is 0 Å². The summed E-state index contributed by atoms with van der Waals surface area (Å²) in [6, 6.07) is 7.13. The van der Waals surface area contributed by atoms with Crippen molar-refractivity contribution in [3.63, 3.8) is 0 Å². The van der Waals surface area contributed by atoms with Crippen LogP contribution in [-0.4, -0.2) is 33.1 Å². The zero-order valence-corrected chi connectivity index (χ0v) is 11.3. The van der Waals surface area contributed by atoms with Crippen molar-refractivity contribution in [3.8, 4) is 5.75 Å². The molecule has 2 rings (SSSR count). The molecule has 0 aliphatic heterocycles. The highest BCUT2D eigenvalue weighted by Gasteiger charge is 2.11. The van der Waals surface area contributed by atoms with Gasteiger partial charge in [-0.25, -0.2) is 4.68 Å². The van der Waals surface area contributed by atoms with Gasteiger partial charge in [0.2, 0.25) is 5.91 Å². The number of rotatable bonds is 5. The number of nitrogens with zero attached hydrogens (tertiary/aromatic N) is 3. The van der Waals surface area contributed by atoms with Gasteiger partial charge in [-0.1, -0.05) is 17.3 Å². The number of hydrogen-bond donors (Lipinski definition) is 2. The molecule has 0 saturated heterocycles. The van der Waals surface area contributed by atoms with Crippen molar-refractivity contribution in [1.29, 1.82) is 0 Å². The minimum absolute atomic E-state index is 0.0117. The molecule has 0 spiro atoms. The van der Waals surface area contributed by atoms with Gasteiger partial charge in [0.25, 0.3) is 0 Å². The molecule has 20 heavy (non-hydrogen) atoms. The largest absolute Gasteiger partial charge is 0.495 e. The van der Waals surface area contributed by atoms with E-state index in [-0.39, 0.29) is 12.5 Å². The number of aliphatic hydroxyl groups excluding tert-OH is 1. The van der Waals surface area contributed by atoms with E-state index >= 15 is 0 Å². The van der Waals surface area contributed by atoms with E-state index in [1.165, 1.54) is 18.0 Å². The third kappa shape index (κ3) is 3.33. The zero-order valence-electron chi connectivity index (χ0n) is 11.3. The van der Waals surface area contributed by atoms with Gasteiger partial charge >= 0.3 is 0 Å². The van der Waals surface area contributed by atoms with Crippen LogP contribution in [0.15, 0.2) is 30.5 Å². The van der Waals surface area contributed by atoms with Crippen molar-refractivity contribution < 1.29 is 14.6 Å². The van der Waals surface area contributed by atoms with Crippen LogP contribution in [0.1, 0.15) is 18.7 Å². The lowest BCUT2D eigenvalue weighted by Crippen LogP contribution is -2.19. The molecule has 1 unspecified atom stereocenters. The summed E-state index contributed by atoms with van der Waals surface area (Å²) in [5, 5.41) is 19.6. The van der Waals surface area contributed by atoms with Gasteiger partial charge in [-0.3, -0.25) is 4.79 Å². The number of amides is 1. The first-order chi connectivity index (χ1) is 9.60. The Hall–Kier alpha value is -2.41. The summed E-state index contributed by atoms with van der Waals surface area (Å²) in [5.41, 5.74) is 1.02. The Labute approximate surface area is 116 Å². The molecular weight excluding hydrogens is 260 g/mol. The molecule has 0 fully saturated rings. The monoisotopic (exact) mass is 276 g/mol. The zero-order chi connectivity index (χ0) is 14.5. The molecule has 1 atom stereocenters. The first-order valence-corrected chi connectivity index (χ1v) is 6.11. The minimum atomic E-state index is -0.707. The highest BCUT2D eigenvalue weighted by atomic mass is 16.5. The van der Waals surface area contributed by atoms with Crippen molar-refractivity contribution >= 4 is 11.6 Å². The number of para-hydroxylation sites is 2. The number of aliphatic hydroxyl groups is 1. The Balaban J connectivity index is 2.01. The highest BCUT2D eigenvalue weighted by molar-refractivity contribution is 5.92. The van der Waals surface area contributed by atoms with Crippen molar-refractivity contribution in [1.82, 2.24) is 15.0 Å². The topological polar surface area (TPSA) is 89.3 Å². The molecule has 0 radical (unpaired) electrons. The summed E-state index contributed by atoms with van der Waals surface area (Å²) < 4.78 is 6.52. The smallest absolute Gasteiger partial charge is 0.246 e. The maximum atomic E-state index is 11.9. The molecule has 1 aromatic heterocycles. The maximum absolute atomic E-state index is 11.9. The average molecular weight is 276 g/mol. The standard InChI is InChI=1S/C13H16N4O3/c1-9(18)11-7-17(16-15-11)8-13(19)14-10-5-3-4-6-12(10)20-2/h3-7,9,18H,8H2,1-2H3,(H,14,19). The van der Waals surface area contributed by atoms with Gasteiger partial charge in [0.1, 0.15) is 18.0 Å². The van der Waals surface area contributed by atoms with Crippen molar-refractivity contribution in [2.24, 2.45) is 0 Å². The lowest BCUT2D eigenvalue weighted by atomic mass is 10.3. The van der Waals surface area contributed by atoms with Gasteiger partial charge in [0, 0.05) is 0 Å². The van der Waals surface area contributed by atoms with Crippen LogP contribution in [0.25, 0.3) is 0 Å². The van der Waals surface area contributed by atoms with Gasteiger partial charge in [0.05, 0.1) is 25.1 Å². The summed E-state index contributed by atoms with van der Waals surface area (Å²) >= 11 is 0. The number of carbonyl (C=O) groups excluding carboxylic acids is 1. The van der Waals surface area contributed by atoms with E-state index in [0.717, 1.165) is 0 Å². The fourth-order valence-corrected chi connectivity index (χ4v) is 1.67. The number of aromatic nitrogens is 3. The normalized spacial score (nSPS) is 11.9. The Morgan fingerprint density at radius 1 is 1.50 bits per heavy atom. The van der Waals surface area contributed by atoms with Crippen LogP contribution in [0.5, 0.6) is 5.75 Å². The van der Waals surface area contributed by atoms with E-state index in [0.29, 0.717) is 17.1 Å². The van der Waals surface area contributed by atoms with Gasteiger partial charge in [-0.15, -0.1) is 5.10 Å². The molecule has 0 aliphatic carbocycles. The van der Waals surface area contributed by atoms with E-state index in [2.05, 4.69) is 15.6 Å². The number of hydrogen-bond acceptors (Lipinski definition) is 5. The summed E-state index contributed by atoms with van der Waals surface area (Å²) in [6.07, 6.45) is 0.827. The predicted octanol–water partition coefficient (Wildman–Crippen LogP) is 0.979. The van der Waals surface area contributed by atoms with Crippen LogP contribution in [0.2, 0.25) is 0 Å². The summed E-state index contributed by atoms with van der Waals surface area (Å²) in [7, 11) is 1.54. The summed E-state index contributed by atoms with van der Waals surface area (Å²) in [6.45, 7) is 1.60. The summed E-state index contributed by atoms with van der Waals surface area (Å²) in [4.78, 5) is 11.9. The van der Waals surface area contributed by atoms with Crippen LogP contribution < -0.4 is 10.1 Å². The Morgan fingerprint density at radius 2 is 2.25 bits per heavy atom. The minimum Gasteiger partial charge on any atom is -0.495 e. The first kappa shape index (κ1) is 14.0.